The Labute approximate surface area is 149 Å². The van der Waals surface area contributed by atoms with Crippen LogP contribution in [0.2, 0.25) is 5.95 Å². The van der Waals surface area contributed by atoms with Crippen LogP contribution in [-0.2, 0) is 0 Å². The molecule has 0 spiro atoms. The van der Waals surface area contributed by atoms with Gasteiger partial charge >= 0.3 is 71.7 Å². The quantitative estimate of drug-likeness (QED) is 0.286. The summed E-state index contributed by atoms with van der Waals surface area (Å²) < 4.78 is 1.39. The van der Waals surface area contributed by atoms with E-state index in [1.807, 2.05) is 0 Å². The van der Waals surface area contributed by atoms with Crippen molar-refractivity contribution in [2.24, 2.45) is 0 Å². The van der Waals surface area contributed by atoms with Crippen LogP contribution in [-0.4, -0.2) is 24.2 Å². The molecule has 0 aliphatic rings. The number of fused-ring (bicyclic) bond motifs is 3. The van der Waals surface area contributed by atoms with Crippen molar-refractivity contribution >= 4 is 53.4 Å². The van der Waals surface area contributed by atoms with Crippen LogP contribution in [0.4, 0.5) is 0 Å². The van der Waals surface area contributed by atoms with Crippen molar-refractivity contribution < 1.29 is 0 Å². The number of rotatable bonds is 0. The fourth-order valence-corrected chi connectivity index (χ4v) is 14.6. The molecule has 1 heterocycles. The molecule has 2 aromatic carbocycles. The summed E-state index contributed by atoms with van der Waals surface area (Å²) in [6.45, 7) is 14.3. The van der Waals surface area contributed by atoms with E-state index in [-0.39, 0.29) is 0 Å². The maximum Gasteiger partial charge on any atom is -0.000604 e. The summed E-state index contributed by atoms with van der Waals surface area (Å²) in [5.74, 6) is 0. The Bertz CT molecular complexity index is 679. The minimum absolute atomic E-state index is 0.514. The van der Waals surface area contributed by atoms with E-state index in [0.717, 1.165) is 8.19 Å². The normalized spacial score (nSPS) is 11.9. The first kappa shape index (κ1) is 18.0. The molecule has 22 heavy (non-hydrogen) atoms. The Morgan fingerprint density at radius 3 is 1.32 bits per heavy atom. The molecule has 0 radical (unpaired) electrons. The largest absolute Gasteiger partial charge is 0.123 e. The van der Waals surface area contributed by atoms with Gasteiger partial charge in [-0.3, -0.25) is 0 Å². The average Bonchev–Trinajstić information content (AvgIpc) is 2.73. The van der Waals surface area contributed by atoms with Gasteiger partial charge in [-0.05, 0) is 21.0 Å². The maximum atomic E-state index is 2.38. The summed E-state index contributed by atoms with van der Waals surface area (Å²) in [5.41, 5.74) is 0. The van der Waals surface area contributed by atoms with E-state index in [1.165, 1.54) is 21.0 Å². The Morgan fingerprint density at radius 1 is 0.636 bits per heavy atom. The second-order valence-electron chi connectivity index (χ2n) is 8.09. The molecule has 115 valence electrons. The predicted octanol–water partition coefficient (Wildman–Crippen LogP) is 7.15. The van der Waals surface area contributed by atoms with Gasteiger partial charge in [0.1, 0.15) is 0 Å². The van der Waals surface area contributed by atoms with Crippen LogP contribution in [0.15, 0.2) is 48.5 Å². The predicted molar refractivity (Wildman–Crippen MR) is 106 cm³/mol. The molecule has 0 nitrogen and oxygen atoms in total. The Kier molecular flexibility index (Phi) is 5.77. The molecule has 0 amide bonds. The van der Waals surface area contributed by atoms with E-state index in [2.05, 4.69) is 90.1 Å². The zero-order chi connectivity index (χ0) is 16.4. The van der Waals surface area contributed by atoms with Crippen molar-refractivity contribution in [2.75, 3.05) is 0 Å². The molecule has 3 rings (SSSR count). The SMILES string of the molecule is C[C](C)(C)[Tl][C](C)(C)C.c1ccc2c(c1)[pH]c1ccccc12. The van der Waals surface area contributed by atoms with Gasteiger partial charge < -0.3 is 0 Å². The minimum Gasteiger partial charge on any atom is -0.123 e. The van der Waals surface area contributed by atoms with Crippen molar-refractivity contribution in [1.82, 2.24) is 0 Å². The average molecular weight is 503 g/mol. The number of benzene rings is 2. The molecule has 0 bridgehead atoms. The molecule has 0 aliphatic heterocycles. The molecule has 0 unspecified atom stereocenters. The van der Waals surface area contributed by atoms with Crippen LogP contribution < -0.4 is 0 Å². The molecule has 0 saturated heterocycles. The van der Waals surface area contributed by atoms with Crippen molar-refractivity contribution in [3.63, 3.8) is 0 Å². The van der Waals surface area contributed by atoms with Gasteiger partial charge in [-0.15, -0.1) is 8.19 Å². The van der Waals surface area contributed by atoms with E-state index >= 15 is 0 Å². The minimum atomic E-state index is -0.514. The van der Waals surface area contributed by atoms with Gasteiger partial charge in [-0.25, -0.2) is 0 Å². The van der Waals surface area contributed by atoms with Gasteiger partial charge in [-0.1, -0.05) is 48.5 Å². The molecule has 3 aromatic rings. The van der Waals surface area contributed by atoms with Gasteiger partial charge in [0.2, 0.25) is 0 Å². The third-order valence-corrected chi connectivity index (χ3v) is 11.4. The monoisotopic (exact) mass is 503 g/mol. The standard InChI is InChI=1S/C12H9P.2C4H9.Tl/c1-3-7-11-9(5-1)10-6-2-4-8-12(10)13-11;2*1-4(2)3;/h1-8,13H;2*1-3H3;. The zero-order valence-corrected chi connectivity index (χ0v) is 20.2. The third-order valence-electron chi connectivity index (χ3n) is 3.28. The molecule has 1 aromatic heterocycles. The van der Waals surface area contributed by atoms with Crippen molar-refractivity contribution in [3.05, 3.63) is 48.5 Å². The van der Waals surface area contributed by atoms with E-state index in [4.69, 9.17) is 0 Å². The fourth-order valence-electron chi connectivity index (χ4n) is 3.10. The smallest absolute Gasteiger partial charge is 0.000604 e. The molecule has 0 N–H and O–H groups in total. The van der Waals surface area contributed by atoms with Crippen LogP contribution in [0.25, 0.3) is 21.0 Å². The van der Waals surface area contributed by atoms with Crippen molar-refractivity contribution in [3.8, 4) is 0 Å². The van der Waals surface area contributed by atoms with Gasteiger partial charge in [-0.2, -0.15) is 0 Å². The van der Waals surface area contributed by atoms with Crippen LogP contribution >= 0.6 is 8.19 Å². The third kappa shape index (κ3) is 5.38. The number of hydrogen-bond acceptors (Lipinski definition) is 0. The van der Waals surface area contributed by atoms with Gasteiger partial charge in [0.25, 0.3) is 0 Å². The molecular formula is C20H27PTl. The molecule has 0 aliphatic carbocycles. The van der Waals surface area contributed by atoms with E-state index < -0.39 is 24.2 Å². The molecule has 0 atom stereocenters. The van der Waals surface area contributed by atoms with Crippen LogP contribution in [0.1, 0.15) is 41.5 Å². The van der Waals surface area contributed by atoms with Crippen LogP contribution in [0.5, 0.6) is 0 Å². The van der Waals surface area contributed by atoms with Gasteiger partial charge in [0, 0.05) is 0 Å². The first-order valence-electron chi connectivity index (χ1n) is 7.98. The second-order valence-corrected chi connectivity index (χ2v) is 24.0. The summed E-state index contributed by atoms with van der Waals surface area (Å²) in [7, 11) is 0.851. The topological polar surface area (TPSA) is 0 Å². The maximum absolute atomic E-state index is 2.38. The summed E-state index contributed by atoms with van der Waals surface area (Å²) in [6.07, 6.45) is 0. The van der Waals surface area contributed by atoms with Crippen LogP contribution in [0.3, 0.4) is 0 Å². The Morgan fingerprint density at radius 2 is 1.00 bits per heavy atom. The number of hydrogen-bond donors (Lipinski definition) is 0. The van der Waals surface area contributed by atoms with Gasteiger partial charge in [0.15, 0.2) is 0 Å². The zero-order valence-electron chi connectivity index (χ0n) is 14.7. The van der Waals surface area contributed by atoms with Crippen molar-refractivity contribution in [1.29, 1.82) is 0 Å². The first-order chi connectivity index (χ1) is 10.2. The Balaban J connectivity index is 0.000000175. The van der Waals surface area contributed by atoms with E-state index in [1.54, 1.807) is 0 Å². The molecule has 2 heteroatoms. The second kappa shape index (κ2) is 7.05. The van der Waals surface area contributed by atoms with Crippen LogP contribution in [0, 0.1) is 0 Å². The molecule has 0 saturated carbocycles. The van der Waals surface area contributed by atoms with Crippen molar-refractivity contribution in [2.45, 2.75) is 47.5 Å². The summed E-state index contributed by atoms with van der Waals surface area (Å²) in [4.78, 5) is 0. The van der Waals surface area contributed by atoms with E-state index in [0.29, 0.717) is 5.95 Å². The molecular weight excluding hydrogens is 476 g/mol. The summed E-state index contributed by atoms with van der Waals surface area (Å²) in [5, 5.41) is 5.83. The fraction of sp³-hybridized carbons (Fsp3) is 0.400. The molecule has 0 fully saturated rings. The summed E-state index contributed by atoms with van der Waals surface area (Å²) >= 11 is -0.514. The summed E-state index contributed by atoms with van der Waals surface area (Å²) in [6, 6.07) is 17.4. The first-order valence-corrected chi connectivity index (χ1v) is 13.5. The Hall–Kier alpha value is -0.338. The van der Waals surface area contributed by atoms with Gasteiger partial charge in [0.05, 0.1) is 0 Å². The van der Waals surface area contributed by atoms with E-state index in [9.17, 15) is 0 Å².